The van der Waals surface area contributed by atoms with E-state index in [4.69, 9.17) is 4.42 Å². The molecule has 1 N–H and O–H groups in total. The molecule has 1 aliphatic rings. The molecule has 130 valence electrons. The monoisotopic (exact) mass is 328 g/mol. The van der Waals surface area contributed by atoms with Gasteiger partial charge in [0.25, 0.3) is 5.91 Å². The molecular formula is C20H28N2O2. The number of aryl methyl sites for hydroxylation is 2. The molecule has 1 heterocycles. The Bertz CT molecular complexity index is 733. The molecule has 24 heavy (non-hydrogen) atoms. The van der Waals surface area contributed by atoms with Crippen LogP contribution in [0.3, 0.4) is 0 Å². The maximum atomic E-state index is 12.8. The Kier molecular flexibility index (Phi) is 4.95. The fourth-order valence-electron chi connectivity index (χ4n) is 3.87. The van der Waals surface area contributed by atoms with Gasteiger partial charge >= 0.3 is 0 Å². The second-order valence-corrected chi connectivity index (χ2v) is 7.44. The first-order valence-electron chi connectivity index (χ1n) is 8.91. The van der Waals surface area contributed by atoms with Gasteiger partial charge in [0.2, 0.25) is 0 Å². The first-order chi connectivity index (χ1) is 11.5. The van der Waals surface area contributed by atoms with E-state index in [2.05, 4.69) is 30.4 Å². The van der Waals surface area contributed by atoms with Crippen LogP contribution in [0.15, 0.2) is 22.6 Å². The van der Waals surface area contributed by atoms with Crippen LogP contribution in [0.5, 0.6) is 0 Å². The molecule has 0 radical (unpaired) electrons. The van der Waals surface area contributed by atoms with E-state index >= 15 is 0 Å². The Morgan fingerprint density at radius 1 is 1.25 bits per heavy atom. The number of rotatable bonds is 4. The zero-order valence-electron chi connectivity index (χ0n) is 15.2. The second kappa shape index (κ2) is 6.98. The topological polar surface area (TPSA) is 45.5 Å². The molecule has 3 rings (SSSR count). The molecule has 0 saturated heterocycles. The second-order valence-electron chi connectivity index (χ2n) is 7.44. The number of nitrogens with zero attached hydrogens (tertiary/aromatic N) is 1. The van der Waals surface area contributed by atoms with Crippen molar-refractivity contribution in [3.05, 3.63) is 35.1 Å². The van der Waals surface area contributed by atoms with Crippen LogP contribution in [-0.4, -0.2) is 37.5 Å². The Labute approximate surface area is 144 Å². The van der Waals surface area contributed by atoms with Crippen LogP contribution in [0.4, 0.5) is 0 Å². The number of hydrogen-bond donors (Lipinski definition) is 1. The zero-order chi connectivity index (χ0) is 17.3. The van der Waals surface area contributed by atoms with E-state index < -0.39 is 0 Å². The first kappa shape index (κ1) is 17.0. The van der Waals surface area contributed by atoms with Crippen molar-refractivity contribution in [2.45, 2.75) is 45.6 Å². The Balaban J connectivity index is 1.80. The van der Waals surface area contributed by atoms with Crippen LogP contribution in [0.2, 0.25) is 0 Å². The van der Waals surface area contributed by atoms with Crippen molar-refractivity contribution in [1.82, 2.24) is 10.2 Å². The lowest BCUT2D eigenvalue weighted by atomic mass is 9.84. The van der Waals surface area contributed by atoms with Crippen molar-refractivity contribution < 1.29 is 9.21 Å². The van der Waals surface area contributed by atoms with Crippen molar-refractivity contribution in [3.63, 3.8) is 0 Å². The maximum absolute atomic E-state index is 12.8. The van der Waals surface area contributed by atoms with Gasteiger partial charge in [-0.3, -0.25) is 4.79 Å². The standard InChI is InChI=1S/C20H28N2O2/c1-13-9-10-16-14(2)19(24-18(16)11-13)20(23)21-17-8-6-5-7-15(17)12-22(3)4/h9-11,15,17H,5-8,12H2,1-4H3,(H,21,23). The minimum absolute atomic E-state index is 0.0722. The normalized spacial score (nSPS) is 21.4. The molecule has 1 aromatic heterocycles. The van der Waals surface area contributed by atoms with E-state index in [1.807, 2.05) is 26.0 Å². The van der Waals surface area contributed by atoms with Gasteiger partial charge in [-0.1, -0.05) is 25.0 Å². The number of fused-ring (bicyclic) bond motifs is 1. The largest absolute Gasteiger partial charge is 0.451 e. The van der Waals surface area contributed by atoms with Crippen LogP contribution in [-0.2, 0) is 0 Å². The van der Waals surface area contributed by atoms with E-state index in [0.717, 1.165) is 35.1 Å². The van der Waals surface area contributed by atoms with Gasteiger partial charge < -0.3 is 14.6 Å². The summed E-state index contributed by atoms with van der Waals surface area (Å²) in [7, 11) is 4.19. The summed E-state index contributed by atoms with van der Waals surface area (Å²) < 4.78 is 5.88. The molecule has 2 aromatic rings. The number of carbonyl (C=O) groups excluding carboxylic acids is 1. The Morgan fingerprint density at radius 3 is 2.75 bits per heavy atom. The van der Waals surface area contributed by atoms with Gasteiger partial charge in [-0.15, -0.1) is 0 Å². The summed E-state index contributed by atoms with van der Waals surface area (Å²) in [5, 5.41) is 4.27. The third-order valence-electron chi connectivity index (χ3n) is 5.13. The summed E-state index contributed by atoms with van der Waals surface area (Å²) in [6, 6.07) is 6.33. The van der Waals surface area contributed by atoms with Crippen LogP contribution in [0.1, 0.15) is 47.4 Å². The molecular weight excluding hydrogens is 300 g/mol. The molecule has 0 spiro atoms. The van der Waals surface area contributed by atoms with Crippen LogP contribution in [0, 0.1) is 19.8 Å². The van der Waals surface area contributed by atoms with E-state index in [-0.39, 0.29) is 11.9 Å². The average Bonchev–Trinajstić information content (AvgIpc) is 2.85. The fourth-order valence-corrected chi connectivity index (χ4v) is 3.87. The minimum atomic E-state index is -0.0722. The molecule has 0 aliphatic heterocycles. The summed E-state index contributed by atoms with van der Waals surface area (Å²) in [5.41, 5.74) is 2.87. The minimum Gasteiger partial charge on any atom is -0.451 e. The number of furan rings is 1. The van der Waals surface area contributed by atoms with Crippen LogP contribution in [0.25, 0.3) is 11.0 Å². The van der Waals surface area contributed by atoms with Crippen molar-refractivity contribution >= 4 is 16.9 Å². The number of nitrogens with one attached hydrogen (secondary N) is 1. The first-order valence-corrected chi connectivity index (χ1v) is 8.91. The summed E-state index contributed by atoms with van der Waals surface area (Å²) in [6.45, 7) is 5.02. The fraction of sp³-hybridized carbons (Fsp3) is 0.550. The highest BCUT2D eigenvalue weighted by Crippen LogP contribution is 2.28. The molecule has 4 heteroatoms. The third kappa shape index (κ3) is 3.48. The number of hydrogen-bond acceptors (Lipinski definition) is 3. The molecule has 1 aromatic carbocycles. The van der Waals surface area contributed by atoms with Gasteiger partial charge in [-0.05, 0) is 58.3 Å². The van der Waals surface area contributed by atoms with Crippen molar-refractivity contribution in [2.24, 2.45) is 5.92 Å². The highest BCUT2D eigenvalue weighted by atomic mass is 16.3. The predicted octanol–water partition coefficient (Wildman–Crippen LogP) is 3.90. The Morgan fingerprint density at radius 2 is 2.00 bits per heavy atom. The predicted molar refractivity (Wildman–Crippen MR) is 97.5 cm³/mol. The van der Waals surface area contributed by atoms with Gasteiger partial charge in [0.1, 0.15) is 5.58 Å². The summed E-state index contributed by atoms with van der Waals surface area (Å²) in [5.74, 6) is 0.909. The average molecular weight is 328 g/mol. The molecule has 0 bridgehead atoms. The molecule has 1 saturated carbocycles. The third-order valence-corrected chi connectivity index (χ3v) is 5.13. The molecule has 2 unspecified atom stereocenters. The van der Waals surface area contributed by atoms with Crippen molar-refractivity contribution in [1.29, 1.82) is 0 Å². The lowest BCUT2D eigenvalue weighted by Gasteiger charge is -2.33. The smallest absolute Gasteiger partial charge is 0.287 e. The number of carbonyl (C=O) groups is 1. The van der Waals surface area contributed by atoms with E-state index in [1.54, 1.807) is 0 Å². The maximum Gasteiger partial charge on any atom is 0.287 e. The van der Waals surface area contributed by atoms with Gasteiger partial charge in [0.05, 0.1) is 0 Å². The summed E-state index contributed by atoms with van der Waals surface area (Å²) in [6.07, 6.45) is 4.69. The summed E-state index contributed by atoms with van der Waals surface area (Å²) in [4.78, 5) is 15.0. The van der Waals surface area contributed by atoms with Gasteiger partial charge in [-0.25, -0.2) is 0 Å². The lowest BCUT2D eigenvalue weighted by Crippen LogP contribution is -2.45. The van der Waals surface area contributed by atoms with Crippen LogP contribution >= 0.6 is 0 Å². The molecule has 2 atom stereocenters. The molecule has 1 aliphatic carbocycles. The quantitative estimate of drug-likeness (QED) is 0.926. The molecule has 4 nitrogen and oxygen atoms in total. The zero-order valence-corrected chi connectivity index (χ0v) is 15.2. The number of amides is 1. The lowest BCUT2D eigenvalue weighted by molar-refractivity contribution is 0.0868. The van der Waals surface area contributed by atoms with Gasteiger partial charge in [-0.2, -0.15) is 0 Å². The van der Waals surface area contributed by atoms with E-state index in [0.29, 0.717) is 11.7 Å². The van der Waals surface area contributed by atoms with E-state index in [9.17, 15) is 4.79 Å². The van der Waals surface area contributed by atoms with E-state index in [1.165, 1.54) is 19.3 Å². The molecule has 1 amide bonds. The highest BCUT2D eigenvalue weighted by Gasteiger charge is 2.28. The Hall–Kier alpha value is -1.81. The van der Waals surface area contributed by atoms with Crippen LogP contribution < -0.4 is 5.32 Å². The van der Waals surface area contributed by atoms with Crippen molar-refractivity contribution in [3.8, 4) is 0 Å². The van der Waals surface area contributed by atoms with Crippen molar-refractivity contribution in [2.75, 3.05) is 20.6 Å². The summed E-state index contributed by atoms with van der Waals surface area (Å²) >= 11 is 0. The SMILES string of the molecule is Cc1ccc2c(C)c(C(=O)NC3CCCCC3CN(C)C)oc2c1. The number of benzene rings is 1. The van der Waals surface area contributed by atoms with Gasteiger partial charge in [0.15, 0.2) is 5.76 Å². The highest BCUT2D eigenvalue weighted by molar-refractivity contribution is 5.99. The van der Waals surface area contributed by atoms with Gasteiger partial charge in [0, 0.05) is 23.5 Å². The molecule has 1 fully saturated rings.